The van der Waals surface area contributed by atoms with E-state index in [0.29, 0.717) is 13.0 Å². The van der Waals surface area contributed by atoms with Crippen LogP contribution in [0.5, 0.6) is 5.75 Å². The van der Waals surface area contributed by atoms with Crippen LogP contribution in [0.25, 0.3) is 11.0 Å². The molecular formula is C37H40N6O5. The number of hydrogen-bond donors (Lipinski definition) is 3. The first kappa shape index (κ1) is 33.9. The molecule has 2 heterocycles. The van der Waals surface area contributed by atoms with Crippen LogP contribution in [0.4, 0.5) is 5.95 Å². The molecule has 0 spiro atoms. The molecule has 2 aromatic heterocycles. The fraction of sp³-hybridized carbons (Fsp3) is 0.297. The Morgan fingerprint density at radius 2 is 1.52 bits per heavy atom. The molecule has 5 aromatic rings. The number of carbonyl (C=O) groups is 3. The lowest BCUT2D eigenvalue weighted by atomic mass is 9.76. The second-order valence-electron chi connectivity index (χ2n) is 12.1. The highest BCUT2D eigenvalue weighted by Gasteiger charge is 2.36. The second kappa shape index (κ2) is 15.0. The van der Waals surface area contributed by atoms with Crippen LogP contribution in [0.3, 0.4) is 0 Å². The molecule has 248 valence electrons. The highest BCUT2D eigenvalue weighted by atomic mass is 16.5. The van der Waals surface area contributed by atoms with Gasteiger partial charge >= 0.3 is 0 Å². The maximum atomic E-state index is 13.8. The number of carbonyl (C=O) groups excluding carboxylic acids is 3. The van der Waals surface area contributed by atoms with Gasteiger partial charge in [0.25, 0.3) is 5.56 Å². The summed E-state index contributed by atoms with van der Waals surface area (Å²) in [7, 11) is 1.63. The van der Waals surface area contributed by atoms with E-state index in [9.17, 15) is 19.2 Å². The zero-order valence-corrected chi connectivity index (χ0v) is 27.5. The lowest BCUT2D eigenvalue weighted by molar-refractivity contribution is -0.128. The summed E-state index contributed by atoms with van der Waals surface area (Å²) in [6, 6.07) is 28.1. The first-order chi connectivity index (χ1) is 23.1. The molecule has 0 aliphatic heterocycles. The van der Waals surface area contributed by atoms with E-state index in [1.807, 2.05) is 60.7 Å². The van der Waals surface area contributed by atoms with Gasteiger partial charge in [-0.25, -0.2) is 4.68 Å². The van der Waals surface area contributed by atoms with Crippen LogP contribution in [-0.2, 0) is 26.5 Å². The number of anilines is 1. The van der Waals surface area contributed by atoms with Crippen molar-refractivity contribution in [2.75, 3.05) is 19.0 Å². The number of nitrogens with zero attached hydrogens (tertiary/aromatic N) is 3. The van der Waals surface area contributed by atoms with E-state index in [2.05, 4.69) is 50.0 Å². The van der Waals surface area contributed by atoms with Crippen LogP contribution in [0.1, 0.15) is 50.3 Å². The highest BCUT2D eigenvalue weighted by molar-refractivity contribution is 5.91. The molecule has 11 nitrogen and oxygen atoms in total. The minimum Gasteiger partial charge on any atom is -0.497 e. The third-order valence-corrected chi connectivity index (χ3v) is 8.39. The van der Waals surface area contributed by atoms with Gasteiger partial charge in [-0.3, -0.25) is 30.0 Å². The number of ether oxygens (including phenoxy) is 1. The fourth-order valence-corrected chi connectivity index (χ4v) is 5.86. The Morgan fingerprint density at radius 1 is 0.917 bits per heavy atom. The molecule has 1 atom stereocenters. The minimum absolute atomic E-state index is 0.0263. The molecule has 0 radical (unpaired) electrons. The first-order valence-electron chi connectivity index (χ1n) is 15.9. The molecule has 11 heteroatoms. The molecule has 0 saturated heterocycles. The Kier molecular flexibility index (Phi) is 10.6. The van der Waals surface area contributed by atoms with Crippen LogP contribution in [-0.4, -0.2) is 50.9 Å². The number of rotatable bonds is 15. The van der Waals surface area contributed by atoms with Crippen LogP contribution >= 0.6 is 0 Å². The third kappa shape index (κ3) is 7.42. The molecule has 1 amide bonds. The topological polar surface area (TPSA) is 148 Å². The van der Waals surface area contributed by atoms with Gasteiger partial charge in [-0.15, -0.1) is 0 Å². The summed E-state index contributed by atoms with van der Waals surface area (Å²) in [6.45, 7) is 5.11. The molecule has 3 N–H and O–H groups in total. The molecule has 0 fully saturated rings. The number of hydrogen-bond acceptors (Lipinski definition) is 8. The normalized spacial score (nSPS) is 12.2. The summed E-state index contributed by atoms with van der Waals surface area (Å²) < 4.78 is 6.78. The quantitative estimate of drug-likeness (QED) is 0.136. The summed E-state index contributed by atoms with van der Waals surface area (Å²) in [4.78, 5) is 58.1. The molecule has 0 aliphatic rings. The standard InChI is InChI=1S/C37H40N6O5/c1-24(2)34(46)41-36-40-33-31(35(47)42-36)22-39-43(33)23-32(45)26(21-25(3)44)19-20-38-37(27-11-7-5-8-12-27,28-13-9-6-10-14-28)29-15-17-30(48-4)18-16-29/h5-18,22,24,26,38H,19-21,23H2,1-4H3,(H2,40,41,42,46,47). The Morgan fingerprint density at radius 3 is 2.08 bits per heavy atom. The number of ketones is 2. The number of H-pyrrole nitrogens is 1. The third-order valence-electron chi connectivity index (χ3n) is 8.39. The lowest BCUT2D eigenvalue weighted by Crippen LogP contribution is -2.45. The van der Waals surface area contributed by atoms with Gasteiger partial charge in [-0.1, -0.05) is 86.6 Å². The monoisotopic (exact) mass is 648 g/mol. The second-order valence-corrected chi connectivity index (χ2v) is 12.1. The van der Waals surface area contributed by atoms with Crippen LogP contribution in [0.15, 0.2) is 95.9 Å². The molecule has 0 saturated carbocycles. The van der Waals surface area contributed by atoms with Gasteiger partial charge < -0.3 is 9.53 Å². The summed E-state index contributed by atoms with van der Waals surface area (Å²) in [5.41, 5.74) is 1.90. The minimum atomic E-state index is -0.779. The average molecular weight is 649 g/mol. The van der Waals surface area contributed by atoms with E-state index in [1.54, 1.807) is 21.0 Å². The van der Waals surface area contributed by atoms with Gasteiger partial charge in [-0.05, 0) is 48.7 Å². The van der Waals surface area contributed by atoms with Crippen molar-refractivity contribution in [1.82, 2.24) is 25.1 Å². The Hall–Kier alpha value is -5.42. The van der Waals surface area contributed by atoms with E-state index in [4.69, 9.17) is 4.74 Å². The molecule has 3 aromatic carbocycles. The van der Waals surface area contributed by atoms with Crippen molar-refractivity contribution in [3.05, 3.63) is 118 Å². The molecule has 1 unspecified atom stereocenters. The van der Waals surface area contributed by atoms with E-state index < -0.39 is 17.0 Å². The SMILES string of the molecule is COc1ccc(C(NCCC(CC(C)=O)C(=O)Cn2ncc3c(=O)[nH]c(NC(=O)C(C)C)nc32)(c2ccccc2)c2ccccc2)cc1. The predicted molar refractivity (Wildman–Crippen MR) is 184 cm³/mol. The van der Waals surface area contributed by atoms with Crippen molar-refractivity contribution in [3.63, 3.8) is 0 Å². The van der Waals surface area contributed by atoms with Crippen molar-refractivity contribution in [1.29, 1.82) is 0 Å². The average Bonchev–Trinajstić information content (AvgIpc) is 3.49. The van der Waals surface area contributed by atoms with Crippen molar-refractivity contribution in [2.24, 2.45) is 11.8 Å². The summed E-state index contributed by atoms with van der Waals surface area (Å²) in [5, 5.41) is 10.8. The number of nitrogens with one attached hydrogen (secondary N) is 3. The predicted octanol–water partition coefficient (Wildman–Crippen LogP) is 4.86. The zero-order valence-electron chi connectivity index (χ0n) is 27.5. The van der Waals surface area contributed by atoms with Gasteiger partial charge in [-0.2, -0.15) is 10.1 Å². The molecule has 0 aliphatic carbocycles. The van der Waals surface area contributed by atoms with Crippen LogP contribution in [0.2, 0.25) is 0 Å². The van der Waals surface area contributed by atoms with E-state index >= 15 is 0 Å². The molecular weight excluding hydrogens is 608 g/mol. The number of aromatic amines is 1. The number of methoxy groups -OCH3 is 1. The Balaban J connectivity index is 1.44. The van der Waals surface area contributed by atoms with Crippen molar-refractivity contribution in [3.8, 4) is 5.75 Å². The van der Waals surface area contributed by atoms with Crippen LogP contribution in [0, 0.1) is 11.8 Å². The van der Waals surface area contributed by atoms with Gasteiger partial charge in [0.15, 0.2) is 11.4 Å². The number of aromatic nitrogens is 4. The number of fused-ring (bicyclic) bond motifs is 1. The number of benzene rings is 3. The Bertz CT molecular complexity index is 1900. The van der Waals surface area contributed by atoms with Crippen molar-refractivity contribution < 1.29 is 19.1 Å². The zero-order chi connectivity index (χ0) is 34.3. The largest absolute Gasteiger partial charge is 0.497 e. The van der Waals surface area contributed by atoms with Gasteiger partial charge in [0.1, 0.15) is 23.5 Å². The number of Topliss-reactive ketones (excluding diaryl/α,β-unsaturated/α-hetero) is 2. The molecule has 0 bridgehead atoms. The van der Waals surface area contributed by atoms with Gasteiger partial charge in [0.05, 0.1) is 18.8 Å². The highest BCUT2D eigenvalue weighted by Crippen LogP contribution is 2.37. The van der Waals surface area contributed by atoms with Crippen molar-refractivity contribution in [2.45, 2.75) is 45.7 Å². The van der Waals surface area contributed by atoms with E-state index in [-0.39, 0.29) is 53.3 Å². The maximum Gasteiger partial charge on any atom is 0.263 e. The Labute approximate surface area is 278 Å². The van der Waals surface area contributed by atoms with Gasteiger partial charge in [0, 0.05) is 18.3 Å². The summed E-state index contributed by atoms with van der Waals surface area (Å²) in [5.74, 6) is -0.896. The lowest BCUT2D eigenvalue weighted by Gasteiger charge is -2.37. The maximum absolute atomic E-state index is 13.8. The van der Waals surface area contributed by atoms with Crippen LogP contribution < -0.4 is 20.9 Å². The molecule has 48 heavy (non-hydrogen) atoms. The van der Waals surface area contributed by atoms with Gasteiger partial charge in [0.2, 0.25) is 11.9 Å². The van der Waals surface area contributed by atoms with E-state index in [0.717, 1.165) is 22.4 Å². The summed E-state index contributed by atoms with van der Waals surface area (Å²) >= 11 is 0. The first-order valence-corrected chi connectivity index (χ1v) is 15.9. The summed E-state index contributed by atoms with van der Waals surface area (Å²) in [6.07, 6.45) is 1.75. The van der Waals surface area contributed by atoms with E-state index in [1.165, 1.54) is 17.8 Å². The number of amides is 1. The molecule has 5 rings (SSSR count). The smallest absolute Gasteiger partial charge is 0.263 e. The van der Waals surface area contributed by atoms with Crippen molar-refractivity contribution >= 4 is 34.5 Å². The fourth-order valence-electron chi connectivity index (χ4n) is 5.86.